The number of sulfonamides is 1. The largest absolute Gasteiger partial charge is 0.344 e. The minimum absolute atomic E-state index is 0.353. The molecule has 2 aliphatic heterocycles. The van der Waals surface area contributed by atoms with E-state index in [1.54, 1.807) is 0 Å². The first-order valence-corrected chi connectivity index (χ1v) is 10.2. The number of benzene rings is 2. The lowest BCUT2D eigenvalue weighted by Gasteiger charge is -2.47. The van der Waals surface area contributed by atoms with Gasteiger partial charge in [-0.15, -0.1) is 4.41 Å². The Morgan fingerprint density at radius 2 is 1.69 bits per heavy atom. The molecule has 0 aromatic heterocycles. The lowest BCUT2D eigenvalue weighted by molar-refractivity contribution is 0.260. The van der Waals surface area contributed by atoms with E-state index in [9.17, 15) is 8.42 Å². The number of anilines is 1. The van der Waals surface area contributed by atoms with Crippen molar-refractivity contribution in [3.63, 3.8) is 0 Å². The van der Waals surface area contributed by atoms with Crippen LogP contribution in [0.5, 0.6) is 0 Å². The smallest absolute Gasteiger partial charge is 0.250 e. The monoisotopic (exact) mass is 368 g/mol. The van der Waals surface area contributed by atoms with Crippen LogP contribution in [0, 0.1) is 0 Å². The second-order valence-corrected chi connectivity index (χ2v) is 8.48. The minimum atomic E-state index is -3.60. The van der Waals surface area contributed by atoms with Crippen molar-refractivity contribution in [3.8, 4) is 0 Å². The molecule has 0 saturated carbocycles. The molecule has 0 radical (unpaired) electrons. The molecule has 0 aliphatic carbocycles. The van der Waals surface area contributed by atoms with Gasteiger partial charge in [0, 0.05) is 18.3 Å². The van der Waals surface area contributed by atoms with E-state index in [1.807, 2.05) is 73.5 Å². The van der Waals surface area contributed by atoms with Crippen molar-refractivity contribution in [2.45, 2.75) is 18.6 Å². The number of fused-ring (bicyclic) bond motifs is 1. The highest BCUT2D eigenvalue weighted by molar-refractivity contribution is 7.88. The summed E-state index contributed by atoms with van der Waals surface area (Å²) in [5.41, 5.74) is 3.00. The number of para-hydroxylation sites is 1. The van der Waals surface area contributed by atoms with E-state index in [4.69, 9.17) is 0 Å². The zero-order valence-corrected chi connectivity index (χ0v) is 15.7. The first kappa shape index (κ1) is 16.8. The zero-order chi connectivity index (χ0) is 18.5. The molecule has 2 aromatic rings. The molecule has 0 fully saturated rings. The van der Waals surface area contributed by atoms with Crippen molar-refractivity contribution >= 4 is 21.3 Å². The van der Waals surface area contributed by atoms with Crippen molar-refractivity contribution in [2.24, 2.45) is 10.3 Å². The fraction of sp³-hybridized carbons (Fsp3) is 0.263. The van der Waals surface area contributed by atoms with Crippen LogP contribution in [0.3, 0.4) is 0 Å². The standard InChI is InChI=1S/C19H20N4O2S/c1-14-19(23(21-20-14)26(3,24)25)13-17(15-9-5-4-6-10-15)16-11-7-8-12-18(16)22(19)2/h4-14H,1-3H3/t14-,19+/m0/s1. The first-order chi connectivity index (χ1) is 12.4. The summed E-state index contributed by atoms with van der Waals surface area (Å²) in [5.74, 6) is 0. The highest BCUT2D eigenvalue weighted by atomic mass is 32.2. The molecule has 134 valence electrons. The fourth-order valence-corrected chi connectivity index (χ4v) is 4.82. The van der Waals surface area contributed by atoms with Crippen molar-refractivity contribution in [1.29, 1.82) is 0 Å². The molecular weight excluding hydrogens is 348 g/mol. The third-order valence-corrected chi connectivity index (χ3v) is 6.07. The normalized spacial score (nSPS) is 24.7. The quantitative estimate of drug-likeness (QED) is 0.817. The van der Waals surface area contributed by atoms with E-state index in [0.717, 1.165) is 33.1 Å². The van der Waals surface area contributed by atoms with E-state index < -0.39 is 15.7 Å². The van der Waals surface area contributed by atoms with Crippen LogP contribution in [0.1, 0.15) is 18.1 Å². The molecule has 26 heavy (non-hydrogen) atoms. The van der Waals surface area contributed by atoms with Crippen LogP contribution >= 0.6 is 0 Å². The van der Waals surface area contributed by atoms with Gasteiger partial charge in [-0.25, -0.2) is 8.42 Å². The Morgan fingerprint density at radius 1 is 1.04 bits per heavy atom. The van der Waals surface area contributed by atoms with Gasteiger partial charge in [0.05, 0.1) is 6.26 Å². The Hall–Kier alpha value is -2.67. The second kappa shape index (κ2) is 5.67. The van der Waals surface area contributed by atoms with E-state index in [1.165, 1.54) is 0 Å². The maximum atomic E-state index is 12.5. The van der Waals surface area contributed by atoms with Crippen LogP contribution < -0.4 is 4.90 Å². The van der Waals surface area contributed by atoms with Gasteiger partial charge in [0.1, 0.15) is 6.04 Å². The van der Waals surface area contributed by atoms with Crippen LogP contribution in [0.15, 0.2) is 71.0 Å². The van der Waals surface area contributed by atoms with Gasteiger partial charge in [-0.1, -0.05) is 53.8 Å². The van der Waals surface area contributed by atoms with Gasteiger partial charge in [-0.3, -0.25) is 0 Å². The summed E-state index contributed by atoms with van der Waals surface area (Å²) in [6, 6.07) is 17.6. The Balaban J connectivity index is 2.03. The number of hydrogen-bond acceptors (Lipinski definition) is 5. The van der Waals surface area contributed by atoms with Crippen LogP contribution in [-0.2, 0) is 10.0 Å². The predicted molar refractivity (Wildman–Crippen MR) is 102 cm³/mol. The van der Waals surface area contributed by atoms with Crippen LogP contribution in [0.4, 0.5) is 5.69 Å². The Labute approximate surface area is 153 Å². The SMILES string of the molecule is C[C@@H]1N=NN(S(C)(=O)=O)[C@]12C=C(c1ccccc1)c1ccccc1N2C. The van der Waals surface area contributed by atoms with Crippen molar-refractivity contribution in [2.75, 3.05) is 18.2 Å². The van der Waals surface area contributed by atoms with E-state index in [2.05, 4.69) is 16.4 Å². The summed E-state index contributed by atoms with van der Waals surface area (Å²) in [5, 5.41) is 8.20. The molecule has 2 heterocycles. The van der Waals surface area contributed by atoms with Crippen LogP contribution in [0.25, 0.3) is 5.57 Å². The van der Waals surface area contributed by atoms with E-state index in [0.29, 0.717) is 0 Å². The number of nitrogens with zero attached hydrogens (tertiary/aromatic N) is 4. The van der Waals surface area contributed by atoms with Gasteiger partial charge in [0.15, 0.2) is 5.66 Å². The molecule has 0 bridgehead atoms. The number of hydrogen-bond donors (Lipinski definition) is 0. The predicted octanol–water partition coefficient (Wildman–Crippen LogP) is 3.30. The zero-order valence-electron chi connectivity index (χ0n) is 14.9. The molecule has 2 aromatic carbocycles. The molecule has 2 atom stereocenters. The molecular formula is C19H20N4O2S. The molecule has 0 amide bonds. The van der Waals surface area contributed by atoms with E-state index >= 15 is 0 Å². The van der Waals surface area contributed by atoms with Gasteiger partial charge in [0.25, 0.3) is 10.0 Å². The summed E-state index contributed by atoms with van der Waals surface area (Å²) in [6.07, 6.45) is 3.15. The van der Waals surface area contributed by atoms with Crippen LogP contribution in [0.2, 0.25) is 0 Å². The summed E-state index contributed by atoms with van der Waals surface area (Å²) >= 11 is 0. The Bertz CT molecular complexity index is 1020. The fourth-order valence-electron chi connectivity index (χ4n) is 3.79. The molecule has 7 heteroatoms. The molecule has 2 aliphatic rings. The molecule has 0 unspecified atom stereocenters. The lowest BCUT2D eigenvalue weighted by Crippen LogP contribution is -2.62. The highest BCUT2D eigenvalue weighted by Crippen LogP contribution is 2.47. The molecule has 4 rings (SSSR count). The van der Waals surface area contributed by atoms with Gasteiger partial charge >= 0.3 is 0 Å². The molecule has 1 spiro atoms. The van der Waals surface area contributed by atoms with Gasteiger partial charge < -0.3 is 4.90 Å². The topological polar surface area (TPSA) is 65.3 Å². The molecule has 0 saturated heterocycles. The van der Waals surface area contributed by atoms with Crippen molar-refractivity contribution in [1.82, 2.24) is 4.41 Å². The van der Waals surface area contributed by atoms with Crippen molar-refractivity contribution < 1.29 is 8.42 Å². The van der Waals surface area contributed by atoms with Crippen molar-refractivity contribution in [3.05, 3.63) is 71.8 Å². The highest BCUT2D eigenvalue weighted by Gasteiger charge is 2.54. The number of likely N-dealkylation sites (N-methyl/N-ethyl adjacent to an activating group) is 1. The Morgan fingerprint density at radius 3 is 2.38 bits per heavy atom. The third kappa shape index (κ3) is 2.27. The third-order valence-electron chi connectivity index (χ3n) is 5.08. The van der Waals surface area contributed by atoms with Gasteiger partial charge in [-0.2, -0.15) is 5.11 Å². The molecule has 6 nitrogen and oxygen atoms in total. The van der Waals surface area contributed by atoms with Crippen LogP contribution in [-0.4, -0.2) is 37.8 Å². The summed E-state index contributed by atoms with van der Waals surface area (Å²) in [4.78, 5) is 1.96. The first-order valence-electron chi connectivity index (χ1n) is 8.38. The van der Waals surface area contributed by atoms with Gasteiger partial charge in [0.2, 0.25) is 0 Å². The number of rotatable bonds is 2. The minimum Gasteiger partial charge on any atom is -0.344 e. The molecule has 0 N–H and O–H groups in total. The Kier molecular flexibility index (Phi) is 3.66. The van der Waals surface area contributed by atoms with Gasteiger partial charge in [-0.05, 0) is 30.2 Å². The summed E-state index contributed by atoms with van der Waals surface area (Å²) in [7, 11) is -1.71. The average molecular weight is 368 g/mol. The maximum absolute atomic E-state index is 12.5. The second-order valence-electron chi connectivity index (χ2n) is 6.67. The lowest BCUT2D eigenvalue weighted by atomic mass is 9.85. The van der Waals surface area contributed by atoms with E-state index in [-0.39, 0.29) is 6.04 Å². The summed E-state index contributed by atoms with van der Waals surface area (Å²) < 4.78 is 26.1. The summed E-state index contributed by atoms with van der Waals surface area (Å²) in [6.45, 7) is 1.89. The average Bonchev–Trinajstić information content (AvgIpc) is 2.96. The maximum Gasteiger partial charge on any atom is 0.250 e.